The van der Waals surface area contributed by atoms with Gasteiger partial charge in [0.2, 0.25) is 5.91 Å². The number of aliphatic hydroxyl groups is 1. The SMILES string of the molecule is CN1C(=O)N(c2c(F)cc(C#Cc3ccccc3)cc2F)C(=O)C[C@@]1(C)c1ccn(CC(C)(C)O)n1. The van der Waals surface area contributed by atoms with Gasteiger partial charge in [0.1, 0.15) is 5.69 Å². The lowest BCUT2D eigenvalue weighted by molar-refractivity contribution is -0.122. The number of carbonyl (C=O) groups is 2. The first-order valence-corrected chi connectivity index (χ1v) is 11.3. The number of hydrogen-bond donors (Lipinski definition) is 1. The Morgan fingerprint density at radius 3 is 2.28 bits per heavy atom. The highest BCUT2D eigenvalue weighted by Gasteiger charge is 2.49. The third kappa shape index (κ3) is 4.86. The van der Waals surface area contributed by atoms with Gasteiger partial charge in [0.15, 0.2) is 11.6 Å². The van der Waals surface area contributed by atoms with E-state index in [1.165, 1.54) is 16.6 Å². The van der Waals surface area contributed by atoms with Crippen LogP contribution < -0.4 is 4.90 Å². The number of halogens is 2. The van der Waals surface area contributed by atoms with Gasteiger partial charge in [-0.2, -0.15) is 5.10 Å². The summed E-state index contributed by atoms with van der Waals surface area (Å²) in [6.45, 7) is 5.13. The van der Waals surface area contributed by atoms with Crippen molar-refractivity contribution in [2.75, 3.05) is 11.9 Å². The zero-order valence-corrected chi connectivity index (χ0v) is 20.4. The van der Waals surface area contributed by atoms with Crippen molar-refractivity contribution < 1.29 is 23.5 Å². The fourth-order valence-electron chi connectivity index (χ4n) is 4.09. The van der Waals surface area contributed by atoms with Crippen molar-refractivity contribution in [3.63, 3.8) is 0 Å². The molecule has 1 N–H and O–H groups in total. The van der Waals surface area contributed by atoms with E-state index in [4.69, 9.17) is 0 Å². The van der Waals surface area contributed by atoms with E-state index < -0.39 is 40.4 Å². The average Bonchev–Trinajstić information content (AvgIpc) is 3.26. The normalized spacial score (nSPS) is 18.3. The topological polar surface area (TPSA) is 78.7 Å². The number of anilines is 1. The smallest absolute Gasteiger partial charge is 0.332 e. The van der Waals surface area contributed by atoms with E-state index in [2.05, 4.69) is 16.9 Å². The predicted octanol–water partition coefficient (Wildman–Crippen LogP) is 4.04. The zero-order valence-electron chi connectivity index (χ0n) is 20.4. The largest absolute Gasteiger partial charge is 0.389 e. The molecule has 1 aromatic heterocycles. The van der Waals surface area contributed by atoms with Crippen LogP contribution in [0.15, 0.2) is 54.7 Å². The lowest BCUT2D eigenvalue weighted by atomic mass is 9.89. The molecular weight excluding hydrogens is 466 g/mol. The maximum Gasteiger partial charge on any atom is 0.332 e. The monoisotopic (exact) mass is 492 g/mol. The molecule has 2 aromatic carbocycles. The lowest BCUT2D eigenvalue weighted by Gasteiger charge is -2.44. The molecule has 1 saturated heterocycles. The molecule has 0 bridgehead atoms. The summed E-state index contributed by atoms with van der Waals surface area (Å²) in [5.74, 6) is 2.62. The fraction of sp³-hybridized carbons (Fsp3) is 0.296. The molecule has 0 spiro atoms. The minimum absolute atomic E-state index is 0.0741. The molecule has 2 heterocycles. The summed E-state index contributed by atoms with van der Waals surface area (Å²) in [4.78, 5) is 28.1. The van der Waals surface area contributed by atoms with Gasteiger partial charge in [-0.15, -0.1) is 0 Å². The number of benzene rings is 2. The Labute approximate surface area is 207 Å². The van der Waals surface area contributed by atoms with E-state index in [0.29, 0.717) is 16.2 Å². The number of urea groups is 1. The van der Waals surface area contributed by atoms with Gasteiger partial charge in [-0.25, -0.2) is 18.5 Å². The van der Waals surface area contributed by atoms with E-state index in [1.54, 1.807) is 57.3 Å². The molecule has 1 fully saturated rings. The second kappa shape index (κ2) is 9.21. The van der Waals surface area contributed by atoms with Gasteiger partial charge in [0, 0.05) is 24.4 Å². The summed E-state index contributed by atoms with van der Waals surface area (Å²) in [5.41, 5.74) is -1.74. The molecule has 0 unspecified atom stereocenters. The van der Waals surface area contributed by atoms with Crippen LogP contribution >= 0.6 is 0 Å². The molecule has 9 heteroatoms. The van der Waals surface area contributed by atoms with E-state index >= 15 is 8.78 Å². The molecule has 1 aliphatic heterocycles. The quantitative estimate of drug-likeness (QED) is 0.558. The molecular formula is C27H26F2N4O3. The van der Waals surface area contributed by atoms with Gasteiger partial charge >= 0.3 is 6.03 Å². The molecule has 3 aromatic rings. The van der Waals surface area contributed by atoms with Crippen LogP contribution in [0.1, 0.15) is 44.0 Å². The van der Waals surface area contributed by atoms with Crippen LogP contribution in [0.5, 0.6) is 0 Å². The minimum atomic E-state index is -1.15. The molecule has 186 valence electrons. The van der Waals surface area contributed by atoms with Crippen LogP contribution in [0.25, 0.3) is 0 Å². The predicted molar refractivity (Wildman–Crippen MR) is 130 cm³/mol. The average molecular weight is 493 g/mol. The molecule has 1 atom stereocenters. The van der Waals surface area contributed by atoms with Crippen LogP contribution in [0.4, 0.5) is 19.3 Å². The Morgan fingerprint density at radius 2 is 1.67 bits per heavy atom. The highest BCUT2D eigenvalue weighted by Crippen LogP contribution is 2.38. The lowest BCUT2D eigenvalue weighted by Crippen LogP contribution is -2.60. The Balaban J connectivity index is 1.63. The van der Waals surface area contributed by atoms with Crippen molar-refractivity contribution in [3.8, 4) is 11.8 Å². The van der Waals surface area contributed by atoms with E-state index in [0.717, 1.165) is 12.1 Å². The number of nitrogens with zero attached hydrogens (tertiary/aromatic N) is 4. The molecule has 4 rings (SSSR count). The zero-order chi connectivity index (χ0) is 26.3. The fourth-order valence-corrected chi connectivity index (χ4v) is 4.09. The molecule has 36 heavy (non-hydrogen) atoms. The van der Waals surface area contributed by atoms with Crippen LogP contribution in [-0.2, 0) is 16.9 Å². The Bertz CT molecular complexity index is 1360. The van der Waals surface area contributed by atoms with Gasteiger partial charge in [0.05, 0.1) is 29.8 Å². The van der Waals surface area contributed by atoms with E-state index in [9.17, 15) is 14.7 Å². The second-order valence-electron chi connectivity index (χ2n) is 9.64. The molecule has 0 aliphatic carbocycles. The van der Waals surface area contributed by atoms with Crippen LogP contribution in [0.3, 0.4) is 0 Å². The summed E-state index contributed by atoms with van der Waals surface area (Å²) >= 11 is 0. The summed E-state index contributed by atoms with van der Waals surface area (Å²) in [6.07, 6.45) is 1.39. The number of imide groups is 1. The van der Waals surface area contributed by atoms with Crippen LogP contribution in [0, 0.1) is 23.5 Å². The standard InChI is InChI=1S/C27H26F2N4O3/c1-26(2,36)17-32-13-12-22(30-32)27(3)16-23(34)33(25(35)31(27)4)24-20(28)14-19(15-21(24)29)11-10-18-8-6-5-7-9-18/h5-9,12-15,36H,16-17H2,1-4H3/t27-/m0/s1. The van der Waals surface area contributed by atoms with Gasteiger partial charge in [-0.1, -0.05) is 30.0 Å². The van der Waals surface area contributed by atoms with E-state index in [1.807, 2.05) is 6.07 Å². The van der Waals surface area contributed by atoms with Crippen molar-refractivity contribution in [1.82, 2.24) is 14.7 Å². The van der Waals surface area contributed by atoms with Crippen LogP contribution in [-0.4, -0.2) is 44.4 Å². The van der Waals surface area contributed by atoms with Crippen LogP contribution in [0.2, 0.25) is 0 Å². The summed E-state index contributed by atoms with van der Waals surface area (Å²) in [5, 5.41) is 14.5. The summed E-state index contributed by atoms with van der Waals surface area (Å²) in [7, 11) is 1.45. The number of amides is 3. The van der Waals surface area contributed by atoms with Gasteiger partial charge < -0.3 is 10.0 Å². The molecule has 1 aliphatic rings. The van der Waals surface area contributed by atoms with Crippen molar-refractivity contribution in [1.29, 1.82) is 0 Å². The molecule has 0 radical (unpaired) electrons. The third-order valence-corrected chi connectivity index (χ3v) is 6.07. The van der Waals surface area contributed by atoms with Gasteiger partial charge in [0.25, 0.3) is 0 Å². The number of hydrogen-bond acceptors (Lipinski definition) is 4. The third-order valence-electron chi connectivity index (χ3n) is 6.07. The first kappa shape index (κ1) is 25.1. The van der Waals surface area contributed by atoms with E-state index in [-0.39, 0.29) is 18.5 Å². The Hall–Kier alpha value is -4.03. The summed E-state index contributed by atoms with van der Waals surface area (Å²) < 4.78 is 31.6. The number of carbonyl (C=O) groups excluding carboxylic acids is 2. The van der Waals surface area contributed by atoms with Gasteiger partial charge in [-0.3, -0.25) is 9.48 Å². The van der Waals surface area contributed by atoms with Gasteiger partial charge in [-0.05, 0) is 51.1 Å². The van der Waals surface area contributed by atoms with Crippen molar-refractivity contribution >= 4 is 17.6 Å². The highest BCUT2D eigenvalue weighted by atomic mass is 19.1. The maximum atomic E-state index is 15.1. The first-order chi connectivity index (χ1) is 16.9. The minimum Gasteiger partial charge on any atom is -0.389 e. The molecule has 3 amide bonds. The van der Waals surface area contributed by atoms with Crippen molar-refractivity contribution in [2.24, 2.45) is 0 Å². The Morgan fingerprint density at radius 1 is 1.06 bits per heavy atom. The molecule has 0 saturated carbocycles. The number of rotatable bonds is 4. The first-order valence-electron chi connectivity index (χ1n) is 11.3. The molecule has 7 nitrogen and oxygen atoms in total. The Kier molecular flexibility index (Phi) is 6.41. The second-order valence-corrected chi connectivity index (χ2v) is 9.64. The highest BCUT2D eigenvalue weighted by molar-refractivity contribution is 6.16. The maximum absolute atomic E-state index is 15.1. The number of aromatic nitrogens is 2. The van der Waals surface area contributed by atoms with Crippen molar-refractivity contribution in [3.05, 3.63) is 83.2 Å². The summed E-state index contributed by atoms with van der Waals surface area (Å²) in [6, 6.07) is 11.7. The van der Waals surface area contributed by atoms with Crippen molar-refractivity contribution in [2.45, 2.75) is 44.9 Å².